The smallest absolute Gasteiger partial charge is 0.223 e. The molecule has 32 heavy (non-hydrogen) atoms. The summed E-state index contributed by atoms with van der Waals surface area (Å²) in [6, 6.07) is 9.83. The minimum absolute atomic E-state index is 0.133. The van der Waals surface area contributed by atoms with E-state index in [4.69, 9.17) is 4.74 Å². The van der Waals surface area contributed by atoms with Crippen molar-refractivity contribution < 1.29 is 9.53 Å². The number of carbonyl (C=O) groups excluding carboxylic acids is 1. The van der Waals surface area contributed by atoms with Crippen LogP contribution in [0.5, 0.6) is 0 Å². The number of pyridine rings is 2. The molecule has 1 aliphatic rings. The standard InChI is InChI=1S/C24H30N6O2/c1-15-6-5-7-23(26-15)27-19-12-16(2)25-21(13-19)22-14-30(10-11-32-22)24(31)9-8-20-17(3)28-29-18(20)4/h5-7,12-13,22H,8-11,14H2,1-4H3,(H,28,29)(H,25,26,27)/t22-/m0/s1. The first-order chi connectivity index (χ1) is 15.4. The lowest BCUT2D eigenvalue weighted by Gasteiger charge is -2.33. The summed E-state index contributed by atoms with van der Waals surface area (Å²) in [6.07, 6.45) is 0.895. The second-order valence-electron chi connectivity index (χ2n) is 8.32. The van der Waals surface area contributed by atoms with E-state index in [2.05, 4.69) is 25.5 Å². The van der Waals surface area contributed by atoms with Gasteiger partial charge in [0.2, 0.25) is 5.91 Å². The van der Waals surface area contributed by atoms with Gasteiger partial charge in [-0.25, -0.2) is 4.98 Å². The van der Waals surface area contributed by atoms with Crippen LogP contribution in [0.4, 0.5) is 11.5 Å². The van der Waals surface area contributed by atoms with Gasteiger partial charge >= 0.3 is 0 Å². The highest BCUT2D eigenvalue weighted by Gasteiger charge is 2.27. The van der Waals surface area contributed by atoms with E-state index < -0.39 is 0 Å². The summed E-state index contributed by atoms with van der Waals surface area (Å²) < 4.78 is 6.00. The van der Waals surface area contributed by atoms with Crippen LogP contribution in [0.25, 0.3) is 0 Å². The number of rotatable bonds is 6. The molecule has 0 saturated carbocycles. The van der Waals surface area contributed by atoms with Crippen molar-refractivity contribution in [1.82, 2.24) is 25.1 Å². The van der Waals surface area contributed by atoms with Crippen LogP contribution in [0.3, 0.4) is 0 Å². The summed E-state index contributed by atoms with van der Waals surface area (Å²) in [5.74, 6) is 0.918. The quantitative estimate of drug-likeness (QED) is 0.614. The van der Waals surface area contributed by atoms with Crippen molar-refractivity contribution in [2.24, 2.45) is 0 Å². The molecular weight excluding hydrogens is 404 g/mol. The molecule has 4 heterocycles. The fourth-order valence-electron chi connectivity index (χ4n) is 4.08. The van der Waals surface area contributed by atoms with Crippen molar-refractivity contribution in [3.63, 3.8) is 0 Å². The Balaban J connectivity index is 1.43. The van der Waals surface area contributed by atoms with Gasteiger partial charge in [0, 0.05) is 35.7 Å². The maximum absolute atomic E-state index is 12.9. The van der Waals surface area contributed by atoms with Gasteiger partial charge < -0.3 is 15.0 Å². The second kappa shape index (κ2) is 9.48. The van der Waals surface area contributed by atoms with Crippen LogP contribution >= 0.6 is 0 Å². The first-order valence-electron chi connectivity index (χ1n) is 11.0. The van der Waals surface area contributed by atoms with Crippen molar-refractivity contribution in [3.05, 3.63) is 64.4 Å². The minimum Gasteiger partial charge on any atom is -0.368 e. The highest BCUT2D eigenvalue weighted by Crippen LogP contribution is 2.26. The van der Waals surface area contributed by atoms with E-state index in [0.29, 0.717) is 32.5 Å². The van der Waals surface area contributed by atoms with Crippen LogP contribution < -0.4 is 5.32 Å². The van der Waals surface area contributed by atoms with Crippen molar-refractivity contribution in [2.75, 3.05) is 25.0 Å². The van der Waals surface area contributed by atoms with Crippen LogP contribution in [-0.2, 0) is 16.0 Å². The lowest BCUT2D eigenvalue weighted by Crippen LogP contribution is -2.42. The molecule has 4 rings (SSSR count). The maximum atomic E-state index is 12.9. The molecule has 2 N–H and O–H groups in total. The van der Waals surface area contributed by atoms with Crippen LogP contribution in [0.1, 0.15) is 46.6 Å². The van der Waals surface area contributed by atoms with Gasteiger partial charge in [0.05, 0.1) is 24.5 Å². The Bertz CT molecular complexity index is 1090. The number of aryl methyl sites for hydroxylation is 4. The van der Waals surface area contributed by atoms with Gasteiger partial charge in [-0.1, -0.05) is 6.07 Å². The Labute approximate surface area is 188 Å². The van der Waals surface area contributed by atoms with Crippen LogP contribution in [0.15, 0.2) is 30.3 Å². The summed E-state index contributed by atoms with van der Waals surface area (Å²) in [5.41, 5.74) is 6.68. The van der Waals surface area contributed by atoms with Crippen LogP contribution in [0.2, 0.25) is 0 Å². The maximum Gasteiger partial charge on any atom is 0.223 e. The zero-order chi connectivity index (χ0) is 22.7. The Kier molecular flexibility index (Phi) is 6.50. The Hall–Kier alpha value is -3.26. The van der Waals surface area contributed by atoms with E-state index in [-0.39, 0.29) is 12.0 Å². The number of hydrogen-bond acceptors (Lipinski definition) is 6. The van der Waals surface area contributed by atoms with Crippen molar-refractivity contribution in [2.45, 2.75) is 46.6 Å². The molecule has 1 atom stereocenters. The predicted molar refractivity (Wildman–Crippen MR) is 123 cm³/mol. The molecule has 8 nitrogen and oxygen atoms in total. The number of aromatic amines is 1. The van der Waals surface area contributed by atoms with E-state index in [9.17, 15) is 4.79 Å². The number of ether oxygens (including phenoxy) is 1. The fraction of sp³-hybridized carbons (Fsp3) is 0.417. The minimum atomic E-state index is -0.254. The normalized spacial score (nSPS) is 16.2. The van der Waals surface area contributed by atoms with Crippen molar-refractivity contribution in [3.8, 4) is 0 Å². The molecule has 1 fully saturated rings. The molecule has 0 bridgehead atoms. The van der Waals surface area contributed by atoms with E-state index in [1.54, 1.807) is 0 Å². The molecule has 0 aliphatic carbocycles. The molecule has 0 spiro atoms. The molecular formula is C24H30N6O2. The van der Waals surface area contributed by atoms with Gasteiger partial charge in [0.15, 0.2) is 0 Å². The zero-order valence-corrected chi connectivity index (χ0v) is 19.1. The van der Waals surface area contributed by atoms with Crippen LogP contribution in [0, 0.1) is 27.7 Å². The first-order valence-corrected chi connectivity index (χ1v) is 11.0. The molecule has 168 valence electrons. The largest absolute Gasteiger partial charge is 0.368 e. The van der Waals surface area contributed by atoms with Gasteiger partial charge in [0.1, 0.15) is 11.9 Å². The van der Waals surface area contributed by atoms with E-state index in [0.717, 1.165) is 45.5 Å². The van der Waals surface area contributed by atoms with Crippen molar-refractivity contribution in [1.29, 1.82) is 0 Å². The fourth-order valence-corrected chi connectivity index (χ4v) is 4.08. The topological polar surface area (TPSA) is 96.0 Å². The third kappa shape index (κ3) is 5.13. The average molecular weight is 435 g/mol. The predicted octanol–water partition coefficient (Wildman–Crippen LogP) is 3.71. The number of aromatic nitrogens is 4. The van der Waals surface area contributed by atoms with E-state index in [1.165, 1.54) is 0 Å². The highest BCUT2D eigenvalue weighted by molar-refractivity contribution is 5.76. The third-order valence-corrected chi connectivity index (χ3v) is 5.75. The van der Waals surface area contributed by atoms with Gasteiger partial charge in [0.25, 0.3) is 0 Å². The Morgan fingerprint density at radius 2 is 2.03 bits per heavy atom. The summed E-state index contributed by atoms with van der Waals surface area (Å²) in [7, 11) is 0. The lowest BCUT2D eigenvalue weighted by molar-refractivity contribution is -0.139. The molecule has 3 aromatic rings. The third-order valence-electron chi connectivity index (χ3n) is 5.75. The molecule has 1 aliphatic heterocycles. The molecule has 1 saturated heterocycles. The second-order valence-corrected chi connectivity index (χ2v) is 8.32. The number of amides is 1. The zero-order valence-electron chi connectivity index (χ0n) is 19.1. The summed E-state index contributed by atoms with van der Waals surface area (Å²) in [4.78, 5) is 24.0. The summed E-state index contributed by atoms with van der Waals surface area (Å²) >= 11 is 0. The molecule has 0 aromatic carbocycles. The van der Waals surface area contributed by atoms with Gasteiger partial charge in [-0.05, 0) is 63.9 Å². The van der Waals surface area contributed by atoms with Gasteiger partial charge in [-0.2, -0.15) is 5.10 Å². The first kappa shape index (κ1) is 22.0. The number of anilines is 2. The average Bonchev–Trinajstić information content (AvgIpc) is 3.09. The molecule has 0 unspecified atom stereocenters. The molecule has 8 heteroatoms. The summed E-state index contributed by atoms with van der Waals surface area (Å²) in [5, 5.41) is 10.6. The molecule has 3 aromatic heterocycles. The number of nitrogens with zero attached hydrogens (tertiary/aromatic N) is 4. The SMILES string of the molecule is Cc1cccc(Nc2cc(C)nc([C@@H]3CN(C(=O)CCc4c(C)n[nH]c4C)CCO3)c2)n1. The molecule has 0 radical (unpaired) electrons. The number of morpholine rings is 1. The number of nitrogens with one attached hydrogen (secondary N) is 2. The Morgan fingerprint density at radius 3 is 2.78 bits per heavy atom. The van der Waals surface area contributed by atoms with Crippen molar-refractivity contribution >= 4 is 17.4 Å². The van der Waals surface area contributed by atoms with Gasteiger partial charge in [-0.3, -0.25) is 14.9 Å². The summed E-state index contributed by atoms with van der Waals surface area (Å²) in [6.45, 7) is 9.48. The van der Waals surface area contributed by atoms with E-state index in [1.807, 2.05) is 62.9 Å². The van der Waals surface area contributed by atoms with Gasteiger partial charge in [-0.15, -0.1) is 0 Å². The van der Waals surface area contributed by atoms with E-state index >= 15 is 0 Å². The number of hydrogen-bond donors (Lipinski definition) is 2. The number of H-pyrrole nitrogens is 1. The lowest BCUT2D eigenvalue weighted by atomic mass is 10.1. The number of carbonyl (C=O) groups is 1. The molecule has 1 amide bonds. The van der Waals surface area contributed by atoms with Crippen LogP contribution in [-0.4, -0.2) is 50.7 Å². The monoisotopic (exact) mass is 434 g/mol. The highest BCUT2D eigenvalue weighted by atomic mass is 16.5. The Morgan fingerprint density at radius 1 is 1.19 bits per heavy atom.